The molecule has 1 aliphatic heterocycles. The molecule has 1 aromatic rings. The van der Waals surface area contributed by atoms with Crippen LogP contribution in [0.3, 0.4) is 0 Å². The Morgan fingerprint density at radius 1 is 1.32 bits per heavy atom. The number of rotatable bonds is 4. The number of aliphatic hydroxyl groups is 1. The first kappa shape index (κ1) is 15.6. The normalized spacial score (nSPS) is 24.1. The van der Waals surface area contributed by atoms with E-state index in [1.165, 1.54) is 25.7 Å². The molecule has 0 bridgehead atoms. The smallest absolute Gasteiger partial charge is 0.270 e. The lowest BCUT2D eigenvalue weighted by Gasteiger charge is -2.39. The fraction of sp³-hybridized carbons (Fsp3) is 0.706. The topological polar surface area (TPSA) is 48.7 Å². The second-order valence-corrected chi connectivity index (χ2v) is 6.61. The van der Waals surface area contributed by atoms with Crippen molar-refractivity contribution in [3.05, 3.63) is 24.0 Å². The maximum Gasteiger partial charge on any atom is 0.270 e. The molecule has 2 heterocycles. The van der Waals surface area contributed by atoms with E-state index in [9.17, 15) is 4.79 Å². The van der Waals surface area contributed by atoms with Gasteiger partial charge in [-0.25, -0.2) is 0 Å². The lowest BCUT2D eigenvalue weighted by Crippen LogP contribution is -2.54. The predicted molar refractivity (Wildman–Crippen MR) is 86.0 cm³/mol. The minimum Gasteiger partial charge on any atom is -0.395 e. The number of piperazine rings is 1. The molecular weight excluding hydrogens is 278 g/mol. The molecule has 3 rings (SSSR count). The molecule has 0 spiro atoms. The molecule has 1 saturated carbocycles. The summed E-state index contributed by atoms with van der Waals surface area (Å²) < 4.78 is 2.20. The summed E-state index contributed by atoms with van der Waals surface area (Å²) in [5.74, 6) is 0.160. The van der Waals surface area contributed by atoms with Gasteiger partial charge in [0.25, 0.3) is 5.91 Å². The zero-order valence-electron chi connectivity index (χ0n) is 13.4. The predicted octanol–water partition coefficient (Wildman–Crippen LogP) is 1.74. The van der Waals surface area contributed by atoms with E-state index in [2.05, 4.69) is 22.6 Å². The van der Waals surface area contributed by atoms with E-state index in [0.717, 1.165) is 25.3 Å². The van der Waals surface area contributed by atoms with Crippen LogP contribution in [-0.2, 0) is 0 Å². The first-order valence-electron chi connectivity index (χ1n) is 8.51. The van der Waals surface area contributed by atoms with E-state index in [4.69, 9.17) is 5.11 Å². The Bertz CT molecular complexity index is 508. The van der Waals surface area contributed by atoms with E-state index in [-0.39, 0.29) is 18.6 Å². The van der Waals surface area contributed by atoms with Crippen LogP contribution in [0.15, 0.2) is 18.3 Å². The SMILES string of the molecule is C[C@H]1CN(CCO)CCN1C(=O)c1cccn1C1CCCC1. The van der Waals surface area contributed by atoms with E-state index in [0.29, 0.717) is 12.6 Å². The zero-order chi connectivity index (χ0) is 15.5. The summed E-state index contributed by atoms with van der Waals surface area (Å²) >= 11 is 0. The molecule has 122 valence electrons. The monoisotopic (exact) mass is 305 g/mol. The highest BCUT2D eigenvalue weighted by Crippen LogP contribution is 2.31. The number of nitrogens with zero attached hydrogens (tertiary/aromatic N) is 3. The number of carbonyl (C=O) groups is 1. The van der Waals surface area contributed by atoms with Crippen molar-refractivity contribution in [3.8, 4) is 0 Å². The Balaban J connectivity index is 1.70. The number of carbonyl (C=O) groups excluding carboxylic acids is 1. The summed E-state index contributed by atoms with van der Waals surface area (Å²) in [7, 11) is 0. The summed E-state index contributed by atoms with van der Waals surface area (Å²) in [4.78, 5) is 17.2. The van der Waals surface area contributed by atoms with E-state index in [1.54, 1.807) is 0 Å². The molecule has 2 fully saturated rings. The van der Waals surface area contributed by atoms with Crippen molar-refractivity contribution < 1.29 is 9.90 Å². The highest BCUT2D eigenvalue weighted by atomic mass is 16.3. The summed E-state index contributed by atoms with van der Waals surface area (Å²) in [6, 6.07) is 4.66. The maximum absolute atomic E-state index is 13.0. The minimum atomic E-state index is 0.160. The van der Waals surface area contributed by atoms with Gasteiger partial charge < -0.3 is 14.6 Å². The quantitative estimate of drug-likeness (QED) is 0.922. The van der Waals surface area contributed by atoms with E-state index >= 15 is 0 Å². The van der Waals surface area contributed by atoms with Gasteiger partial charge in [-0.3, -0.25) is 9.69 Å². The number of hydrogen-bond donors (Lipinski definition) is 1. The van der Waals surface area contributed by atoms with Crippen molar-refractivity contribution in [2.24, 2.45) is 0 Å². The summed E-state index contributed by atoms with van der Waals surface area (Å²) in [5, 5.41) is 9.06. The molecule has 1 saturated heterocycles. The molecule has 22 heavy (non-hydrogen) atoms. The first-order valence-corrected chi connectivity index (χ1v) is 8.51. The molecular formula is C17H27N3O2. The molecule has 2 aliphatic rings. The fourth-order valence-corrected chi connectivity index (χ4v) is 3.90. The molecule has 1 atom stereocenters. The van der Waals surface area contributed by atoms with Gasteiger partial charge in [-0.1, -0.05) is 12.8 Å². The van der Waals surface area contributed by atoms with E-state index in [1.807, 2.05) is 17.0 Å². The van der Waals surface area contributed by atoms with Crippen LogP contribution in [0, 0.1) is 0 Å². The fourth-order valence-electron chi connectivity index (χ4n) is 3.90. The minimum absolute atomic E-state index is 0.160. The van der Waals surface area contributed by atoms with Crippen molar-refractivity contribution >= 4 is 5.91 Å². The third kappa shape index (κ3) is 3.06. The van der Waals surface area contributed by atoms with Gasteiger partial charge in [0, 0.05) is 44.5 Å². The number of aromatic nitrogens is 1. The van der Waals surface area contributed by atoms with Crippen molar-refractivity contribution in [1.29, 1.82) is 0 Å². The summed E-state index contributed by atoms with van der Waals surface area (Å²) in [6.45, 7) is 5.42. The number of amides is 1. The van der Waals surface area contributed by atoms with Crippen molar-refractivity contribution in [2.45, 2.75) is 44.7 Å². The second kappa shape index (κ2) is 6.84. The lowest BCUT2D eigenvalue weighted by molar-refractivity contribution is 0.0446. The van der Waals surface area contributed by atoms with Crippen molar-refractivity contribution in [2.75, 3.05) is 32.8 Å². The van der Waals surface area contributed by atoms with Crippen LogP contribution < -0.4 is 0 Å². The van der Waals surface area contributed by atoms with Gasteiger partial charge in [-0.15, -0.1) is 0 Å². The standard InChI is InChI=1S/C17H27N3O2/c1-14-13-18(11-12-21)9-10-19(14)17(22)16-7-4-8-20(16)15-5-2-3-6-15/h4,7-8,14-15,21H,2-3,5-6,9-13H2,1H3/t14-/m0/s1. The van der Waals surface area contributed by atoms with Crippen LogP contribution in [0.2, 0.25) is 0 Å². The summed E-state index contributed by atoms with van der Waals surface area (Å²) in [6.07, 6.45) is 6.99. The highest BCUT2D eigenvalue weighted by molar-refractivity contribution is 5.93. The van der Waals surface area contributed by atoms with E-state index < -0.39 is 0 Å². The first-order chi connectivity index (χ1) is 10.7. The molecule has 0 radical (unpaired) electrons. The van der Waals surface area contributed by atoms with Crippen LogP contribution in [0.4, 0.5) is 0 Å². The molecule has 0 unspecified atom stereocenters. The Kier molecular flexibility index (Phi) is 4.84. The van der Waals surface area contributed by atoms with Crippen molar-refractivity contribution in [1.82, 2.24) is 14.4 Å². The molecule has 1 aromatic heterocycles. The van der Waals surface area contributed by atoms with Crippen LogP contribution >= 0.6 is 0 Å². The lowest BCUT2D eigenvalue weighted by atomic mass is 10.1. The van der Waals surface area contributed by atoms with Crippen LogP contribution in [-0.4, -0.2) is 64.2 Å². The molecule has 1 N–H and O–H groups in total. The third-order valence-corrected chi connectivity index (χ3v) is 5.10. The number of hydrogen-bond acceptors (Lipinski definition) is 3. The van der Waals surface area contributed by atoms with Gasteiger partial charge in [-0.2, -0.15) is 0 Å². The van der Waals surface area contributed by atoms with Gasteiger partial charge in [0.05, 0.1) is 6.61 Å². The Hall–Kier alpha value is -1.33. The van der Waals surface area contributed by atoms with Crippen LogP contribution in [0.25, 0.3) is 0 Å². The number of β-amino-alcohol motifs (C(OH)–C–C–N with tert-alkyl or cyclic N) is 1. The molecule has 1 amide bonds. The number of aliphatic hydroxyl groups excluding tert-OH is 1. The molecule has 5 heteroatoms. The van der Waals surface area contributed by atoms with Gasteiger partial charge in [-0.05, 0) is 31.9 Å². The largest absolute Gasteiger partial charge is 0.395 e. The van der Waals surface area contributed by atoms with Crippen LogP contribution in [0.5, 0.6) is 0 Å². The molecule has 5 nitrogen and oxygen atoms in total. The Morgan fingerprint density at radius 3 is 2.77 bits per heavy atom. The second-order valence-electron chi connectivity index (χ2n) is 6.61. The maximum atomic E-state index is 13.0. The van der Waals surface area contributed by atoms with Gasteiger partial charge in [0.15, 0.2) is 0 Å². The molecule has 0 aromatic carbocycles. The van der Waals surface area contributed by atoms with Crippen molar-refractivity contribution in [3.63, 3.8) is 0 Å². The summed E-state index contributed by atoms with van der Waals surface area (Å²) in [5.41, 5.74) is 0.842. The highest BCUT2D eigenvalue weighted by Gasteiger charge is 2.30. The van der Waals surface area contributed by atoms with Gasteiger partial charge >= 0.3 is 0 Å². The zero-order valence-corrected chi connectivity index (χ0v) is 13.4. The third-order valence-electron chi connectivity index (χ3n) is 5.10. The van der Waals surface area contributed by atoms with Gasteiger partial charge in [0.2, 0.25) is 0 Å². The molecule has 1 aliphatic carbocycles. The van der Waals surface area contributed by atoms with Gasteiger partial charge in [0.1, 0.15) is 5.69 Å². The average molecular weight is 305 g/mol. The Labute approximate surface area is 132 Å². The van der Waals surface area contributed by atoms with Crippen LogP contribution in [0.1, 0.15) is 49.1 Å². The Morgan fingerprint density at radius 2 is 2.09 bits per heavy atom. The average Bonchev–Trinajstić information content (AvgIpc) is 3.18.